The molecule has 0 fully saturated rings. The zero-order valence-electron chi connectivity index (χ0n) is 25.2. The largest absolute Gasteiger partial charge is 0.495 e. The molecule has 2 atom stereocenters. The third-order valence-corrected chi connectivity index (χ3v) is 8.05. The average molecular weight is 585 g/mol. The first-order valence-electron chi connectivity index (χ1n) is 14.0. The number of para-hydroxylation sites is 2. The number of benzene rings is 3. The number of anilines is 1. The summed E-state index contributed by atoms with van der Waals surface area (Å²) >= 11 is 0. The van der Waals surface area contributed by atoms with Crippen LogP contribution in [0.4, 0.5) is 5.69 Å². The van der Waals surface area contributed by atoms with Crippen LogP contribution < -0.4 is 34.3 Å². The topological polar surface area (TPSA) is 104 Å². The predicted octanol–water partition coefficient (Wildman–Crippen LogP) is 5.73. The van der Waals surface area contributed by atoms with Crippen molar-refractivity contribution >= 4 is 17.4 Å². The Bertz CT molecular complexity index is 1620. The summed E-state index contributed by atoms with van der Waals surface area (Å²) in [6.07, 6.45) is 0.860. The Kier molecular flexibility index (Phi) is 8.61. The normalized spacial score (nSPS) is 18.0. The molecule has 1 heterocycles. The number of methoxy groups -OCH3 is 5. The van der Waals surface area contributed by atoms with Crippen molar-refractivity contribution in [2.75, 3.05) is 40.9 Å². The van der Waals surface area contributed by atoms with Gasteiger partial charge in [0.2, 0.25) is 0 Å². The number of hydrogen-bond donors (Lipinski definition) is 2. The van der Waals surface area contributed by atoms with E-state index in [2.05, 4.69) is 10.6 Å². The van der Waals surface area contributed by atoms with Gasteiger partial charge < -0.3 is 34.3 Å². The second-order valence-electron chi connectivity index (χ2n) is 10.4. The van der Waals surface area contributed by atoms with Gasteiger partial charge in [0.25, 0.3) is 5.91 Å². The Balaban J connectivity index is 1.59. The van der Waals surface area contributed by atoms with Gasteiger partial charge in [0.05, 0.1) is 41.2 Å². The molecule has 5 rings (SSSR count). The molecule has 3 aromatic rings. The van der Waals surface area contributed by atoms with Crippen LogP contribution in [0.1, 0.15) is 42.7 Å². The lowest BCUT2D eigenvalue weighted by atomic mass is 9.71. The number of allylic oxidation sites excluding steroid dienone is 3. The molecular weight excluding hydrogens is 548 g/mol. The summed E-state index contributed by atoms with van der Waals surface area (Å²) < 4.78 is 27.4. The Morgan fingerprint density at radius 3 is 1.95 bits per heavy atom. The average Bonchev–Trinajstić information content (AvgIpc) is 3.03. The SMILES string of the molecule is COc1ccccc1NC(=O)C1=C(C)NC2=C(C(=O)C[C@@H](c3ccc(OC)c(OC)c3)C2)[C@H]1c1ccc(OC)c(OC)c1. The molecule has 9 heteroatoms. The third-order valence-electron chi connectivity index (χ3n) is 8.05. The number of Topliss-reactive ketones (excluding diaryl/α,β-unsaturated/α-hetero) is 1. The summed E-state index contributed by atoms with van der Waals surface area (Å²) in [7, 11) is 7.87. The first-order chi connectivity index (χ1) is 20.8. The van der Waals surface area contributed by atoms with Crippen molar-refractivity contribution in [1.82, 2.24) is 5.32 Å². The number of carbonyl (C=O) groups excluding carboxylic acids is 2. The minimum atomic E-state index is -0.635. The monoisotopic (exact) mass is 584 g/mol. The molecule has 0 saturated heterocycles. The van der Waals surface area contributed by atoms with E-state index < -0.39 is 5.92 Å². The molecule has 2 N–H and O–H groups in total. The molecule has 2 aliphatic rings. The van der Waals surface area contributed by atoms with Crippen LogP contribution in [0.5, 0.6) is 28.7 Å². The first-order valence-corrected chi connectivity index (χ1v) is 14.0. The van der Waals surface area contributed by atoms with Crippen molar-refractivity contribution in [1.29, 1.82) is 0 Å². The Morgan fingerprint density at radius 1 is 0.744 bits per heavy atom. The standard InChI is InChI=1S/C34H36N2O7/c1-19-31(34(38)36-23-9-7-8-10-26(23)39-2)32(21-12-14-28(41-4)30(18-21)43-6)33-24(35-19)15-22(16-25(33)37)20-11-13-27(40-3)29(17-20)42-5/h7-14,17-18,22,32,35H,15-16H2,1-6H3,(H,36,38)/t22-,32-/m0/s1. The van der Waals surface area contributed by atoms with Gasteiger partial charge in [0.1, 0.15) is 5.75 Å². The molecule has 0 radical (unpaired) electrons. The van der Waals surface area contributed by atoms with Crippen molar-refractivity contribution in [3.8, 4) is 28.7 Å². The van der Waals surface area contributed by atoms with Gasteiger partial charge in [-0.15, -0.1) is 0 Å². The summed E-state index contributed by atoms with van der Waals surface area (Å²) in [5.41, 5.74) is 4.71. The molecular formula is C34H36N2O7. The molecule has 224 valence electrons. The van der Waals surface area contributed by atoms with E-state index in [1.165, 1.54) is 0 Å². The van der Waals surface area contributed by atoms with Crippen molar-refractivity contribution in [3.05, 3.63) is 94.3 Å². The number of hydrogen-bond acceptors (Lipinski definition) is 8. The highest BCUT2D eigenvalue weighted by molar-refractivity contribution is 6.10. The molecule has 1 amide bonds. The molecule has 3 aromatic carbocycles. The Morgan fingerprint density at radius 2 is 1.33 bits per heavy atom. The van der Waals surface area contributed by atoms with E-state index in [1.807, 2.05) is 49.4 Å². The van der Waals surface area contributed by atoms with E-state index in [9.17, 15) is 9.59 Å². The Hall–Kier alpha value is -4.92. The summed E-state index contributed by atoms with van der Waals surface area (Å²) in [6, 6.07) is 18.5. The fraction of sp³-hybridized carbons (Fsp3) is 0.294. The zero-order chi connectivity index (χ0) is 30.7. The van der Waals surface area contributed by atoms with Gasteiger partial charge in [-0.3, -0.25) is 9.59 Å². The molecule has 0 aromatic heterocycles. The second-order valence-corrected chi connectivity index (χ2v) is 10.4. The Labute approximate surface area is 251 Å². The zero-order valence-corrected chi connectivity index (χ0v) is 25.2. The second kappa shape index (κ2) is 12.5. The fourth-order valence-corrected chi connectivity index (χ4v) is 5.99. The van der Waals surface area contributed by atoms with Gasteiger partial charge in [-0.25, -0.2) is 0 Å². The van der Waals surface area contributed by atoms with Gasteiger partial charge in [-0.2, -0.15) is 0 Å². The molecule has 1 aliphatic heterocycles. The molecule has 0 saturated carbocycles. The van der Waals surface area contributed by atoms with Crippen LogP contribution in [0.2, 0.25) is 0 Å². The van der Waals surface area contributed by atoms with Crippen molar-refractivity contribution in [3.63, 3.8) is 0 Å². The number of ether oxygens (including phenoxy) is 5. The highest BCUT2D eigenvalue weighted by Crippen LogP contribution is 2.47. The van der Waals surface area contributed by atoms with E-state index >= 15 is 0 Å². The van der Waals surface area contributed by atoms with Gasteiger partial charge >= 0.3 is 0 Å². The minimum absolute atomic E-state index is 0.0385. The van der Waals surface area contributed by atoms with Crippen LogP contribution in [0.25, 0.3) is 0 Å². The summed E-state index contributed by atoms with van der Waals surface area (Å²) in [4.78, 5) is 28.1. The van der Waals surface area contributed by atoms with Crippen molar-refractivity contribution in [2.24, 2.45) is 0 Å². The van der Waals surface area contributed by atoms with Gasteiger partial charge in [0, 0.05) is 34.9 Å². The first kappa shape index (κ1) is 29.6. The summed E-state index contributed by atoms with van der Waals surface area (Å²) in [5.74, 6) is 1.74. The van der Waals surface area contributed by atoms with Crippen LogP contribution in [-0.4, -0.2) is 47.2 Å². The third kappa shape index (κ3) is 5.62. The van der Waals surface area contributed by atoms with Crippen LogP contribution >= 0.6 is 0 Å². The number of ketones is 1. The number of dihydropyridines is 1. The van der Waals surface area contributed by atoms with E-state index in [-0.39, 0.29) is 24.0 Å². The van der Waals surface area contributed by atoms with E-state index in [0.717, 1.165) is 16.8 Å². The van der Waals surface area contributed by atoms with Crippen LogP contribution in [0, 0.1) is 0 Å². The van der Waals surface area contributed by atoms with Crippen LogP contribution in [0.15, 0.2) is 83.2 Å². The number of carbonyl (C=O) groups is 2. The summed E-state index contributed by atoms with van der Waals surface area (Å²) in [6.45, 7) is 1.86. The maximum atomic E-state index is 14.1. The lowest BCUT2D eigenvalue weighted by Crippen LogP contribution is -2.37. The maximum absolute atomic E-state index is 14.1. The molecule has 9 nitrogen and oxygen atoms in total. The fourth-order valence-electron chi connectivity index (χ4n) is 5.99. The molecule has 0 unspecified atom stereocenters. The van der Waals surface area contributed by atoms with E-state index in [0.29, 0.717) is 57.7 Å². The van der Waals surface area contributed by atoms with E-state index in [4.69, 9.17) is 23.7 Å². The van der Waals surface area contributed by atoms with E-state index in [1.54, 1.807) is 53.7 Å². The lowest BCUT2D eigenvalue weighted by molar-refractivity contribution is -0.116. The number of rotatable bonds is 9. The number of nitrogens with one attached hydrogen (secondary N) is 2. The maximum Gasteiger partial charge on any atom is 0.254 e. The van der Waals surface area contributed by atoms with Gasteiger partial charge in [-0.05, 0) is 66.8 Å². The highest BCUT2D eigenvalue weighted by atomic mass is 16.5. The quantitative estimate of drug-likeness (QED) is 0.329. The van der Waals surface area contributed by atoms with Crippen LogP contribution in [0.3, 0.4) is 0 Å². The molecule has 1 aliphatic carbocycles. The predicted molar refractivity (Wildman–Crippen MR) is 163 cm³/mol. The molecule has 43 heavy (non-hydrogen) atoms. The number of amides is 1. The van der Waals surface area contributed by atoms with Gasteiger partial charge in [0.15, 0.2) is 28.8 Å². The summed E-state index contributed by atoms with van der Waals surface area (Å²) in [5, 5.41) is 6.43. The highest BCUT2D eigenvalue weighted by Gasteiger charge is 2.41. The molecule has 0 spiro atoms. The smallest absolute Gasteiger partial charge is 0.254 e. The minimum Gasteiger partial charge on any atom is -0.495 e. The van der Waals surface area contributed by atoms with Crippen molar-refractivity contribution in [2.45, 2.75) is 31.6 Å². The van der Waals surface area contributed by atoms with Gasteiger partial charge in [-0.1, -0.05) is 24.3 Å². The van der Waals surface area contributed by atoms with Crippen LogP contribution in [-0.2, 0) is 9.59 Å². The lowest BCUT2D eigenvalue weighted by Gasteiger charge is -2.37. The molecule has 0 bridgehead atoms. The van der Waals surface area contributed by atoms with Crippen molar-refractivity contribution < 1.29 is 33.3 Å².